The molecule has 0 aliphatic rings. The topological polar surface area (TPSA) is 26.3 Å². The van der Waals surface area contributed by atoms with Crippen molar-refractivity contribution in [2.75, 3.05) is 0 Å². The molecule has 18 heavy (non-hydrogen) atoms. The van der Waals surface area contributed by atoms with Crippen molar-refractivity contribution in [1.29, 1.82) is 0 Å². The lowest BCUT2D eigenvalue weighted by atomic mass is 9.94. The molecule has 2 nitrogen and oxygen atoms in total. The van der Waals surface area contributed by atoms with Crippen LogP contribution in [0.4, 0.5) is 0 Å². The number of ether oxygens (including phenoxy) is 1. The fourth-order valence-corrected chi connectivity index (χ4v) is 2.12. The Labute approximate surface area is 110 Å². The number of aryl methyl sites for hydroxylation is 1. The highest BCUT2D eigenvalue weighted by molar-refractivity contribution is 5.66. The van der Waals surface area contributed by atoms with Gasteiger partial charge in [0.15, 0.2) is 0 Å². The number of carbonyl (C=O) groups excluding carboxylic acids is 1. The zero-order chi connectivity index (χ0) is 13.5. The lowest BCUT2D eigenvalue weighted by Crippen LogP contribution is -2.12. The van der Waals surface area contributed by atoms with Gasteiger partial charge in [-0.25, -0.2) is 0 Å². The first-order chi connectivity index (χ1) is 8.49. The van der Waals surface area contributed by atoms with Crippen LogP contribution in [0, 0.1) is 6.92 Å². The van der Waals surface area contributed by atoms with Gasteiger partial charge in [-0.15, -0.1) is 0 Å². The Morgan fingerprint density at radius 3 is 2.33 bits per heavy atom. The first-order valence-electron chi connectivity index (χ1n) is 6.73. The Morgan fingerprint density at radius 1 is 1.17 bits per heavy atom. The summed E-state index contributed by atoms with van der Waals surface area (Å²) < 4.78 is 5.11. The highest BCUT2D eigenvalue weighted by Crippen LogP contribution is 2.22. The number of rotatable bonds is 6. The molecule has 1 aromatic carbocycles. The molecule has 0 aliphatic carbocycles. The highest BCUT2D eigenvalue weighted by atomic mass is 16.5. The van der Waals surface area contributed by atoms with Crippen LogP contribution in [-0.4, -0.2) is 12.1 Å². The standard InChI is InChI=1S/C16H24O2/c1-12-8-10-16(11-9-12)13(2)6-5-7-14(3)18-15(4)17/h8-11,13-14H,5-7H2,1-4H3/t13-,14?/m1/s1. The largest absolute Gasteiger partial charge is 0.463 e. The van der Waals surface area contributed by atoms with Crippen molar-refractivity contribution in [3.05, 3.63) is 35.4 Å². The van der Waals surface area contributed by atoms with E-state index in [0.717, 1.165) is 19.3 Å². The second-order valence-corrected chi connectivity index (χ2v) is 5.16. The number of hydrogen-bond acceptors (Lipinski definition) is 2. The van der Waals surface area contributed by atoms with Gasteiger partial charge in [-0.05, 0) is 44.6 Å². The number of benzene rings is 1. The van der Waals surface area contributed by atoms with Gasteiger partial charge in [0.2, 0.25) is 0 Å². The average molecular weight is 248 g/mol. The zero-order valence-electron chi connectivity index (χ0n) is 11.9. The lowest BCUT2D eigenvalue weighted by molar-refractivity contribution is -0.145. The van der Waals surface area contributed by atoms with Gasteiger partial charge >= 0.3 is 5.97 Å². The summed E-state index contributed by atoms with van der Waals surface area (Å²) in [5, 5.41) is 0. The third-order valence-corrected chi connectivity index (χ3v) is 3.26. The molecular weight excluding hydrogens is 224 g/mol. The van der Waals surface area contributed by atoms with Crippen LogP contribution in [0.3, 0.4) is 0 Å². The van der Waals surface area contributed by atoms with Crippen molar-refractivity contribution in [3.8, 4) is 0 Å². The van der Waals surface area contributed by atoms with Gasteiger partial charge in [0, 0.05) is 6.92 Å². The molecule has 0 radical (unpaired) electrons. The molecule has 0 N–H and O–H groups in total. The molecule has 0 amide bonds. The monoisotopic (exact) mass is 248 g/mol. The minimum absolute atomic E-state index is 0.0349. The number of esters is 1. The Kier molecular flexibility index (Phi) is 5.90. The average Bonchev–Trinajstić information content (AvgIpc) is 2.28. The highest BCUT2D eigenvalue weighted by Gasteiger charge is 2.08. The van der Waals surface area contributed by atoms with Crippen molar-refractivity contribution >= 4 is 5.97 Å². The van der Waals surface area contributed by atoms with Crippen LogP contribution < -0.4 is 0 Å². The first kappa shape index (κ1) is 14.7. The maximum Gasteiger partial charge on any atom is 0.302 e. The van der Waals surface area contributed by atoms with Gasteiger partial charge in [-0.1, -0.05) is 36.8 Å². The normalized spacial score (nSPS) is 14.0. The molecule has 1 unspecified atom stereocenters. The first-order valence-corrected chi connectivity index (χ1v) is 6.73. The van der Waals surface area contributed by atoms with Crippen LogP contribution >= 0.6 is 0 Å². The third-order valence-electron chi connectivity index (χ3n) is 3.26. The van der Waals surface area contributed by atoms with Crippen LogP contribution in [-0.2, 0) is 9.53 Å². The maximum absolute atomic E-state index is 10.8. The third kappa shape index (κ3) is 5.35. The molecule has 2 atom stereocenters. The summed E-state index contributed by atoms with van der Waals surface area (Å²) >= 11 is 0. The Bertz CT molecular complexity index is 367. The smallest absolute Gasteiger partial charge is 0.302 e. The van der Waals surface area contributed by atoms with Gasteiger partial charge < -0.3 is 4.74 Å². The summed E-state index contributed by atoms with van der Waals surface area (Å²) in [4.78, 5) is 10.8. The molecular formula is C16H24O2. The molecule has 0 heterocycles. The van der Waals surface area contributed by atoms with E-state index >= 15 is 0 Å². The van der Waals surface area contributed by atoms with E-state index in [-0.39, 0.29) is 12.1 Å². The van der Waals surface area contributed by atoms with Crippen LogP contribution in [0.2, 0.25) is 0 Å². The van der Waals surface area contributed by atoms with Crippen molar-refractivity contribution in [3.63, 3.8) is 0 Å². The zero-order valence-corrected chi connectivity index (χ0v) is 11.9. The van der Waals surface area contributed by atoms with E-state index in [1.807, 2.05) is 6.92 Å². The molecule has 0 bridgehead atoms. The molecule has 1 aromatic rings. The van der Waals surface area contributed by atoms with Crippen LogP contribution in [0.15, 0.2) is 24.3 Å². The quantitative estimate of drug-likeness (QED) is 0.704. The number of hydrogen-bond donors (Lipinski definition) is 0. The number of carbonyl (C=O) groups is 1. The SMILES string of the molecule is CC(=O)OC(C)CCC[C@@H](C)c1ccc(C)cc1. The van der Waals surface area contributed by atoms with Gasteiger partial charge in [0.1, 0.15) is 0 Å². The maximum atomic E-state index is 10.8. The predicted octanol–water partition coefficient (Wildman–Crippen LogP) is 4.22. The predicted molar refractivity (Wildman–Crippen MR) is 74.7 cm³/mol. The minimum atomic E-state index is -0.186. The van der Waals surface area contributed by atoms with Gasteiger partial charge in [-0.2, -0.15) is 0 Å². The lowest BCUT2D eigenvalue weighted by Gasteiger charge is -2.15. The second kappa shape index (κ2) is 7.20. The van der Waals surface area contributed by atoms with Gasteiger partial charge in [0.25, 0.3) is 0 Å². The Morgan fingerprint density at radius 2 is 1.78 bits per heavy atom. The molecule has 0 saturated carbocycles. The van der Waals surface area contributed by atoms with Crippen molar-refractivity contribution in [2.24, 2.45) is 0 Å². The van der Waals surface area contributed by atoms with E-state index < -0.39 is 0 Å². The van der Waals surface area contributed by atoms with Crippen molar-refractivity contribution in [2.45, 2.75) is 59.0 Å². The van der Waals surface area contributed by atoms with Gasteiger partial charge in [-0.3, -0.25) is 4.79 Å². The Balaban J connectivity index is 2.31. The van der Waals surface area contributed by atoms with E-state index in [1.54, 1.807) is 0 Å². The second-order valence-electron chi connectivity index (χ2n) is 5.16. The van der Waals surface area contributed by atoms with Crippen LogP contribution in [0.1, 0.15) is 57.1 Å². The molecule has 0 aliphatic heterocycles. The van der Waals surface area contributed by atoms with E-state index in [0.29, 0.717) is 5.92 Å². The molecule has 2 heteroatoms. The summed E-state index contributed by atoms with van der Waals surface area (Å²) in [5.74, 6) is 0.379. The van der Waals surface area contributed by atoms with E-state index in [1.165, 1.54) is 18.1 Å². The molecule has 100 valence electrons. The molecule has 0 saturated heterocycles. The summed E-state index contributed by atoms with van der Waals surface area (Å²) in [6.07, 6.45) is 3.20. The van der Waals surface area contributed by atoms with Gasteiger partial charge in [0.05, 0.1) is 6.10 Å². The molecule has 1 rings (SSSR count). The Hall–Kier alpha value is -1.31. The molecule has 0 aromatic heterocycles. The molecule has 0 fully saturated rings. The minimum Gasteiger partial charge on any atom is -0.463 e. The van der Waals surface area contributed by atoms with Crippen LogP contribution in [0.5, 0.6) is 0 Å². The fourth-order valence-electron chi connectivity index (χ4n) is 2.12. The summed E-state index contributed by atoms with van der Waals surface area (Å²) in [5.41, 5.74) is 2.69. The van der Waals surface area contributed by atoms with E-state index in [9.17, 15) is 4.79 Å². The molecule has 0 spiro atoms. The summed E-state index contributed by atoms with van der Waals surface area (Å²) in [6, 6.07) is 8.73. The van der Waals surface area contributed by atoms with E-state index in [4.69, 9.17) is 4.74 Å². The van der Waals surface area contributed by atoms with Crippen LogP contribution in [0.25, 0.3) is 0 Å². The fraction of sp³-hybridized carbons (Fsp3) is 0.562. The van der Waals surface area contributed by atoms with Crippen molar-refractivity contribution in [1.82, 2.24) is 0 Å². The summed E-state index contributed by atoms with van der Waals surface area (Å²) in [7, 11) is 0. The van der Waals surface area contributed by atoms with E-state index in [2.05, 4.69) is 38.1 Å². The van der Waals surface area contributed by atoms with Crippen molar-refractivity contribution < 1.29 is 9.53 Å². The summed E-state index contributed by atoms with van der Waals surface area (Å²) in [6.45, 7) is 7.78.